The predicted octanol–water partition coefficient (Wildman–Crippen LogP) is 2.62. The highest BCUT2D eigenvalue weighted by Crippen LogP contribution is 2.36. The standard InChI is InChI=1S/C21H26N4O2/c1-22-20(25-11-5-10-21(15-25)12-19(26)24-14-21)23-13-17-8-9-18(27-17)16-6-3-2-4-7-16/h2-4,6-9H,5,10-15H2,1H3,(H,22,23)(H,24,26). The van der Waals surface area contributed by atoms with Crippen LogP contribution in [0.5, 0.6) is 0 Å². The number of nitrogens with one attached hydrogen (secondary N) is 2. The molecule has 4 rings (SSSR count). The average molecular weight is 366 g/mol. The van der Waals surface area contributed by atoms with E-state index in [1.165, 1.54) is 0 Å². The van der Waals surface area contributed by atoms with E-state index < -0.39 is 0 Å². The summed E-state index contributed by atoms with van der Waals surface area (Å²) in [7, 11) is 1.80. The Kier molecular flexibility index (Phi) is 4.88. The highest BCUT2D eigenvalue weighted by Gasteiger charge is 2.42. The van der Waals surface area contributed by atoms with Crippen LogP contribution in [0.4, 0.5) is 0 Å². The molecule has 1 aromatic heterocycles. The molecule has 2 saturated heterocycles. The van der Waals surface area contributed by atoms with Crippen molar-refractivity contribution in [1.82, 2.24) is 15.5 Å². The maximum Gasteiger partial charge on any atom is 0.220 e. The molecule has 1 atom stereocenters. The molecule has 0 saturated carbocycles. The lowest BCUT2D eigenvalue weighted by molar-refractivity contribution is -0.119. The van der Waals surface area contributed by atoms with E-state index in [1.807, 2.05) is 42.5 Å². The molecule has 27 heavy (non-hydrogen) atoms. The van der Waals surface area contributed by atoms with Crippen molar-refractivity contribution in [3.8, 4) is 11.3 Å². The first-order valence-corrected chi connectivity index (χ1v) is 9.54. The highest BCUT2D eigenvalue weighted by molar-refractivity contribution is 5.81. The Morgan fingerprint density at radius 2 is 2.15 bits per heavy atom. The molecule has 142 valence electrons. The molecule has 0 radical (unpaired) electrons. The van der Waals surface area contributed by atoms with E-state index >= 15 is 0 Å². The molecular formula is C21H26N4O2. The Bertz CT molecular complexity index is 830. The molecule has 6 heteroatoms. The summed E-state index contributed by atoms with van der Waals surface area (Å²) in [6, 6.07) is 14.1. The predicted molar refractivity (Wildman–Crippen MR) is 105 cm³/mol. The number of hydrogen-bond acceptors (Lipinski definition) is 3. The third-order valence-corrected chi connectivity index (χ3v) is 5.51. The van der Waals surface area contributed by atoms with Gasteiger partial charge in [0.05, 0.1) is 6.54 Å². The molecular weight excluding hydrogens is 340 g/mol. The molecule has 3 heterocycles. The zero-order valence-electron chi connectivity index (χ0n) is 15.7. The van der Waals surface area contributed by atoms with Gasteiger partial charge in [0.1, 0.15) is 11.5 Å². The van der Waals surface area contributed by atoms with E-state index in [4.69, 9.17) is 4.42 Å². The number of guanidine groups is 1. The molecule has 2 aliphatic rings. The van der Waals surface area contributed by atoms with Crippen LogP contribution in [0.25, 0.3) is 11.3 Å². The Balaban J connectivity index is 1.38. The van der Waals surface area contributed by atoms with Crippen LogP contribution in [0.15, 0.2) is 51.9 Å². The maximum atomic E-state index is 11.7. The lowest BCUT2D eigenvalue weighted by Crippen LogP contribution is -2.51. The summed E-state index contributed by atoms with van der Waals surface area (Å²) >= 11 is 0. The monoisotopic (exact) mass is 366 g/mol. The molecule has 1 unspecified atom stereocenters. The van der Waals surface area contributed by atoms with Gasteiger partial charge in [-0.2, -0.15) is 0 Å². The number of carbonyl (C=O) groups is 1. The average Bonchev–Trinajstić information content (AvgIpc) is 3.30. The van der Waals surface area contributed by atoms with Crippen molar-refractivity contribution in [2.75, 3.05) is 26.7 Å². The van der Waals surface area contributed by atoms with Crippen molar-refractivity contribution < 1.29 is 9.21 Å². The number of aliphatic imine (C=N–C) groups is 1. The van der Waals surface area contributed by atoms with Crippen molar-refractivity contribution in [2.24, 2.45) is 10.4 Å². The maximum absolute atomic E-state index is 11.7. The van der Waals surface area contributed by atoms with Crippen molar-refractivity contribution in [3.63, 3.8) is 0 Å². The molecule has 0 bridgehead atoms. The molecule has 2 N–H and O–H groups in total. The molecule has 2 fully saturated rings. The Labute approximate surface area is 159 Å². The van der Waals surface area contributed by atoms with Crippen LogP contribution in [0, 0.1) is 5.41 Å². The minimum atomic E-state index is 0.0537. The number of furan rings is 1. The van der Waals surface area contributed by atoms with Gasteiger partial charge in [0.2, 0.25) is 5.91 Å². The van der Waals surface area contributed by atoms with E-state index in [9.17, 15) is 4.79 Å². The first-order valence-electron chi connectivity index (χ1n) is 9.54. The van der Waals surface area contributed by atoms with Crippen molar-refractivity contribution in [2.45, 2.75) is 25.8 Å². The molecule has 2 aliphatic heterocycles. The topological polar surface area (TPSA) is 69.9 Å². The van der Waals surface area contributed by atoms with Gasteiger partial charge in [0, 0.05) is 44.1 Å². The summed E-state index contributed by atoms with van der Waals surface area (Å²) < 4.78 is 5.97. The number of nitrogens with zero attached hydrogens (tertiary/aromatic N) is 2. The highest BCUT2D eigenvalue weighted by atomic mass is 16.3. The summed E-state index contributed by atoms with van der Waals surface area (Å²) in [5, 5.41) is 6.41. The minimum Gasteiger partial charge on any atom is -0.459 e. The van der Waals surface area contributed by atoms with E-state index in [2.05, 4.69) is 20.5 Å². The van der Waals surface area contributed by atoms with E-state index in [-0.39, 0.29) is 11.3 Å². The molecule has 2 aromatic rings. The number of hydrogen-bond donors (Lipinski definition) is 2. The number of benzene rings is 1. The molecule has 6 nitrogen and oxygen atoms in total. The fourth-order valence-electron chi connectivity index (χ4n) is 4.16. The first kappa shape index (κ1) is 17.6. The summed E-state index contributed by atoms with van der Waals surface area (Å²) in [6.45, 7) is 3.18. The smallest absolute Gasteiger partial charge is 0.220 e. The van der Waals surface area contributed by atoms with E-state index in [0.29, 0.717) is 13.0 Å². The summed E-state index contributed by atoms with van der Waals surface area (Å²) in [5.41, 5.74) is 1.13. The van der Waals surface area contributed by atoms with Gasteiger partial charge in [-0.1, -0.05) is 30.3 Å². The number of likely N-dealkylation sites (tertiary alicyclic amines) is 1. The van der Waals surface area contributed by atoms with Crippen LogP contribution >= 0.6 is 0 Å². The zero-order chi connectivity index (χ0) is 18.7. The Hall–Kier alpha value is -2.76. The second-order valence-electron chi connectivity index (χ2n) is 7.51. The minimum absolute atomic E-state index is 0.0537. The van der Waals surface area contributed by atoms with Gasteiger partial charge < -0.3 is 20.0 Å². The van der Waals surface area contributed by atoms with E-state index in [0.717, 1.165) is 55.5 Å². The van der Waals surface area contributed by atoms with Gasteiger partial charge in [-0.05, 0) is 25.0 Å². The second kappa shape index (κ2) is 7.47. The van der Waals surface area contributed by atoms with Crippen molar-refractivity contribution >= 4 is 11.9 Å². The number of piperidine rings is 1. The normalized spacial score (nSPS) is 22.9. The van der Waals surface area contributed by atoms with Gasteiger partial charge >= 0.3 is 0 Å². The number of rotatable bonds is 3. The molecule has 1 aromatic carbocycles. The summed E-state index contributed by atoms with van der Waals surface area (Å²) in [4.78, 5) is 18.4. The van der Waals surface area contributed by atoms with Crippen LogP contribution in [0.1, 0.15) is 25.0 Å². The van der Waals surface area contributed by atoms with Crippen LogP contribution in [0.3, 0.4) is 0 Å². The van der Waals surface area contributed by atoms with Gasteiger partial charge in [-0.3, -0.25) is 9.79 Å². The third-order valence-electron chi connectivity index (χ3n) is 5.51. The lowest BCUT2D eigenvalue weighted by atomic mass is 9.79. The number of carbonyl (C=O) groups excluding carboxylic acids is 1. The van der Waals surface area contributed by atoms with Crippen LogP contribution < -0.4 is 10.6 Å². The zero-order valence-corrected chi connectivity index (χ0v) is 15.7. The van der Waals surface area contributed by atoms with Crippen LogP contribution in [-0.2, 0) is 11.3 Å². The first-order chi connectivity index (χ1) is 13.2. The lowest BCUT2D eigenvalue weighted by Gasteiger charge is -2.40. The fraction of sp³-hybridized carbons (Fsp3) is 0.429. The van der Waals surface area contributed by atoms with Gasteiger partial charge in [0.15, 0.2) is 5.96 Å². The van der Waals surface area contributed by atoms with Crippen molar-refractivity contribution in [1.29, 1.82) is 0 Å². The van der Waals surface area contributed by atoms with Crippen LogP contribution in [0.2, 0.25) is 0 Å². The third kappa shape index (κ3) is 3.84. The second-order valence-corrected chi connectivity index (χ2v) is 7.51. The Morgan fingerprint density at radius 3 is 2.89 bits per heavy atom. The fourth-order valence-corrected chi connectivity index (χ4v) is 4.16. The molecule has 1 spiro atoms. The summed E-state index contributed by atoms with van der Waals surface area (Å²) in [5.74, 6) is 2.78. The van der Waals surface area contributed by atoms with Crippen molar-refractivity contribution in [3.05, 3.63) is 48.2 Å². The van der Waals surface area contributed by atoms with Gasteiger partial charge in [0.25, 0.3) is 0 Å². The van der Waals surface area contributed by atoms with Crippen LogP contribution in [-0.4, -0.2) is 43.4 Å². The number of amides is 1. The quantitative estimate of drug-likeness (QED) is 0.647. The van der Waals surface area contributed by atoms with Gasteiger partial charge in [-0.15, -0.1) is 0 Å². The Morgan fingerprint density at radius 1 is 1.30 bits per heavy atom. The molecule has 1 amide bonds. The molecule has 0 aliphatic carbocycles. The van der Waals surface area contributed by atoms with Gasteiger partial charge in [-0.25, -0.2) is 0 Å². The largest absolute Gasteiger partial charge is 0.459 e. The van der Waals surface area contributed by atoms with E-state index in [1.54, 1.807) is 7.05 Å². The SMILES string of the molecule is CN=C(NCc1ccc(-c2ccccc2)o1)N1CCCC2(CNC(=O)C2)C1. The summed E-state index contributed by atoms with van der Waals surface area (Å²) in [6.07, 6.45) is 2.80.